The van der Waals surface area contributed by atoms with Gasteiger partial charge in [-0.1, -0.05) is 11.2 Å². The minimum Gasteiger partial charge on any atom is -0.411 e. The van der Waals surface area contributed by atoms with Crippen LogP contribution >= 0.6 is 0 Å². The molecule has 0 aliphatic carbocycles. The molecule has 1 aromatic carbocycles. The summed E-state index contributed by atoms with van der Waals surface area (Å²) in [5.41, 5.74) is 2.65. The fourth-order valence-electron chi connectivity index (χ4n) is 1.69. The largest absolute Gasteiger partial charge is 0.411 e. The van der Waals surface area contributed by atoms with Crippen molar-refractivity contribution in [2.75, 3.05) is 0 Å². The van der Waals surface area contributed by atoms with E-state index < -0.39 is 0 Å². The second-order valence-corrected chi connectivity index (χ2v) is 3.72. The third kappa shape index (κ3) is 2.04. The van der Waals surface area contributed by atoms with E-state index in [4.69, 9.17) is 5.21 Å². The zero-order chi connectivity index (χ0) is 12.4. The first-order valence-electron chi connectivity index (χ1n) is 5.13. The molecular weight excluding hydrogens is 221 g/mol. The Morgan fingerprint density at radius 2 is 2.24 bits per heavy atom. The van der Waals surface area contributed by atoms with Crippen molar-refractivity contribution < 1.29 is 9.60 Å². The van der Waals surface area contributed by atoms with Crippen LogP contribution in [0.5, 0.6) is 0 Å². The van der Waals surface area contributed by atoms with E-state index in [1.807, 2.05) is 6.92 Å². The number of oxime groups is 1. The van der Waals surface area contributed by atoms with Crippen LogP contribution in [0, 0.1) is 12.7 Å². The SMILES string of the molecule is C/C(=N\O)c1cnn(-c2cccc(F)c2)c1C. The Labute approximate surface area is 98.0 Å². The van der Waals surface area contributed by atoms with Gasteiger partial charge in [0.05, 0.1) is 23.3 Å². The van der Waals surface area contributed by atoms with Crippen molar-refractivity contribution in [2.24, 2.45) is 5.16 Å². The molecule has 0 unspecified atom stereocenters. The average molecular weight is 233 g/mol. The van der Waals surface area contributed by atoms with Crippen molar-refractivity contribution in [3.05, 3.63) is 47.5 Å². The van der Waals surface area contributed by atoms with Gasteiger partial charge in [0, 0.05) is 5.56 Å². The van der Waals surface area contributed by atoms with Crippen LogP contribution in [0.1, 0.15) is 18.2 Å². The third-order valence-electron chi connectivity index (χ3n) is 2.60. The van der Waals surface area contributed by atoms with E-state index in [9.17, 15) is 4.39 Å². The minimum absolute atomic E-state index is 0.313. The maximum absolute atomic E-state index is 13.1. The van der Waals surface area contributed by atoms with Crippen LogP contribution in [0.15, 0.2) is 35.6 Å². The summed E-state index contributed by atoms with van der Waals surface area (Å²) in [6, 6.07) is 6.16. The molecule has 4 nitrogen and oxygen atoms in total. The third-order valence-corrected chi connectivity index (χ3v) is 2.60. The van der Waals surface area contributed by atoms with Crippen molar-refractivity contribution in [3.8, 4) is 5.69 Å². The molecule has 5 heteroatoms. The lowest BCUT2D eigenvalue weighted by Crippen LogP contribution is -2.02. The van der Waals surface area contributed by atoms with Crippen LogP contribution in [-0.2, 0) is 0 Å². The molecule has 0 radical (unpaired) electrons. The molecule has 17 heavy (non-hydrogen) atoms. The minimum atomic E-state index is -0.313. The van der Waals surface area contributed by atoms with E-state index in [1.165, 1.54) is 12.1 Å². The van der Waals surface area contributed by atoms with E-state index in [0.717, 1.165) is 11.3 Å². The molecule has 0 atom stereocenters. The molecule has 0 aliphatic heterocycles. The monoisotopic (exact) mass is 233 g/mol. The predicted molar refractivity (Wildman–Crippen MR) is 62.3 cm³/mol. The normalized spacial score (nSPS) is 11.8. The number of rotatable bonds is 2. The van der Waals surface area contributed by atoms with Crippen LogP contribution in [-0.4, -0.2) is 20.7 Å². The first-order chi connectivity index (χ1) is 8.13. The van der Waals surface area contributed by atoms with Gasteiger partial charge < -0.3 is 5.21 Å². The van der Waals surface area contributed by atoms with E-state index in [-0.39, 0.29) is 5.82 Å². The summed E-state index contributed by atoms with van der Waals surface area (Å²) in [5.74, 6) is -0.313. The fraction of sp³-hybridized carbons (Fsp3) is 0.167. The number of hydrogen-bond donors (Lipinski definition) is 1. The van der Waals surface area contributed by atoms with E-state index >= 15 is 0 Å². The Kier molecular flexibility index (Phi) is 2.91. The summed E-state index contributed by atoms with van der Waals surface area (Å²) in [7, 11) is 0. The van der Waals surface area contributed by atoms with Crippen molar-refractivity contribution in [2.45, 2.75) is 13.8 Å². The van der Waals surface area contributed by atoms with Gasteiger partial charge in [-0.05, 0) is 32.0 Å². The predicted octanol–water partition coefficient (Wildman–Crippen LogP) is 2.52. The van der Waals surface area contributed by atoms with E-state index in [0.29, 0.717) is 11.4 Å². The standard InChI is InChI=1S/C12H12FN3O/c1-8(15-17)12-7-14-16(9(12)2)11-5-3-4-10(13)6-11/h3-7,17H,1-2H3/b15-8+. The molecule has 0 saturated heterocycles. The lowest BCUT2D eigenvalue weighted by atomic mass is 10.2. The molecule has 0 spiro atoms. The topological polar surface area (TPSA) is 50.4 Å². The molecule has 2 rings (SSSR count). The highest BCUT2D eigenvalue weighted by Gasteiger charge is 2.10. The highest BCUT2D eigenvalue weighted by atomic mass is 19.1. The van der Waals surface area contributed by atoms with Crippen molar-refractivity contribution in [1.82, 2.24) is 9.78 Å². The zero-order valence-electron chi connectivity index (χ0n) is 9.55. The van der Waals surface area contributed by atoms with E-state index in [2.05, 4.69) is 10.3 Å². The molecule has 0 fully saturated rings. The number of aromatic nitrogens is 2. The van der Waals surface area contributed by atoms with Crippen molar-refractivity contribution in [1.29, 1.82) is 0 Å². The highest BCUT2D eigenvalue weighted by Crippen LogP contribution is 2.15. The Morgan fingerprint density at radius 1 is 1.47 bits per heavy atom. The smallest absolute Gasteiger partial charge is 0.125 e. The molecule has 0 saturated carbocycles. The Morgan fingerprint density at radius 3 is 2.88 bits per heavy atom. The summed E-state index contributed by atoms with van der Waals surface area (Å²) in [6.45, 7) is 3.52. The molecule has 0 amide bonds. The molecular formula is C12H12FN3O. The van der Waals surface area contributed by atoms with Gasteiger partial charge >= 0.3 is 0 Å². The summed E-state index contributed by atoms with van der Waals surface area (Å²) in [4.78, 5) is 0. The number of nitrogens with zero attached hydrogens (tertiary/aromatic N) is 3. The van der Waals surface area contributed by atoms with E-state index in [1.54, 1.807) is 29.9 Å². The molecule has 1 heterocycles. The quantitative estimate of drug-likeness (QED) is 0.492. The lowest BCUT2D eigenvalue weighted by molar-refractivity contribution is 0.319. The summed E-state index contributed by atoms with van der Waals surface area (Å²) in [5, 5.41) is 16.0. The molecule has 0 aliphatic rings. The molecule has 1 aromatic heterocycles. The summed E-state index contributed by atoms with van der Waals surface area (Å²) in [6.07, 6.45) is 1.59. The Balaban J connectivity index is 2.51. The molecule has 2 aromatic rings. The van der Waals surface area contributed by atoms with Crippen molar-refractivity contribution >= 4 is 5.71 Å². The van der Waals surface area contributed by atoms with Gasteiger partial charge in [-0.2, -0.15) is 5.10 Å². The number of benzene rings is 1. The van der Waals surface area contributed by atoms with Gasteiger partial charge in [0.25, 0.3) is 0 Å². The van der Waals surface area contributed by atoms with Gasteiger partial charge in [-0.3, -0.25) is 0 Å². The van der Waals surface area contributed by atoms with Crippen molar-refractivity contribution in [3.63, 3.8) is 0 Å². The van der Waals surface area contributed by atoms with Crippen LogP contribution in [0.3, 0.4) is 0 Å². The number of halogens is 1. The lowest BCUT2D eigenvalue weighted by Gasteiger charge is -2.05. The van der Waals surface area contributed by atoms with Crippen LogP contribution in [0.4, 0.5) is 4.39 Å². The van der Waals surface area contributed by atoms with Gasteiger partial charge in [-0.15, -0.1) is 0 Å². The maximum atomic E-state index is 13.1. The Hall–Kier alpha value is -2.17. The first kappa shape index (κ1) is 11.3. The second-order valence-electron chi connectivity index (χ2n) is 3.72. The maximum Gasteiger partial charge on any atom is 0.125 e. The number of hydrogen-bond acceptors (Lipinski definition) is 3. The summed E-state index contributed by atoms with van der Waals surface area (Å²) >= 11 is 0. The van der Waals surface area contributed by atoms with Crippen LogP contribution < -0.4 is 0 Å². The molecule has 0 bridgehead atoms. The highest BCUT2D eigenvalue weighted by molar-refractivity contribution is 5.99. The zero-order valence-corrected chi connectivity index (χ0v) is 9.55. The van der Waals surface area contributed by atoms with Crippen LogP contribution in [0.2, 0.25) is 0 Å². The molecule has 88 valence electrons. The second kappa shape index (κ2) is 4.37. The van der Waals surface area contributed by atoms with Gasteiger partial charge in [0.1, 0.15) is 5.82 Å². The Bertz CT molecular complexity index is 575. The molecule has 1 N–H and O–H groups in total. The van der Waals surface area contributed by atoms with Gasteiger partial charge in [-0.25, -0.2) is 9.07 Å². The van der Waals surface area contributed by atoms with Gasteiger partial charge in [0.2, 0.25) is 0 Å². The fourth-order valence-corrected chi connectivity index (χ4v) is 1.69. The first-order valence-corrected chi connectivity index (χ1v) is 5.13. The van der Waals surface area contributed by atoms with Gasteiger partial charge in [0.15, 0.2) is 0 Å². The van der Waals surface area contributed by atoms with Crippen LogP contribution in [0.25, 0.3) is 5.69 Å². The average Bonchev–Trinajstić information content (AvgIpc) is 2.70. The summed E-state index contributed by atoms with van der Waals surface area (Å²) < 4.78 is 14.7.